The third-order valence-corrected chi connectivity index (χ3v) is 1.71. The molecule has 2 rings (SSSR count). The molecule has 0 saturated carbocycles. The second kappa shape index (κ2) is 3.51. The zero-order valence-electron chi connectivity index (χ0n) is 7.62. The van der Waals surface area contributed by atoms with E-state index in [1.54, 1.807) is 0 Å². The average Bonchev–Trinajstić information content (AvgIpc) is 2.57. The highest BCUT2D eigenvalue weighted by Gasteiger charge is 2.31. The van der Waals surface area contributed by atoms with E-state index >= 15 is 0 Å². The van der Waals surface area contributed by atoms with E-state index in [-0.39, 0.29) is 17.0 Å². The van der Waals surface area contributed by atoms with Crippen LogP contribution in [0.3, 0.4) is 0 Å². The third-order valence-electron chi connectivity index (χ3n) is 1.71. The van der Waals surface area contributed by atoms with E-state index in [4.69, 9.17) is 4.42 Å². The number of carbonyl (C=O) groups excluding carboxylic acids is 1. The van der Waals surface area contributed by atoms with Crippen LogP contribution in [0.4, 0.5) is 13.2 Å². The van der Waals surface area contributed by atoms with Gasteiger partial charge in [-0.25, -0.2) is 4.98 Å². The van der Waals surface area contributed by atoms with Gasteiger partial charge < -0.3 is 9.15 Å². The van der Waals surface area contributed by atoms with Gasteiger partial charge in [-0.3, -0.25) is 4.79 Å². The highest BCUT2D eigenvalue weighted by molar-refractivity contribution is 5.79. The second-order valence-electron chi connectivity index (χ2n) is 2.85. The van der Waals surface area contributed by atoms with Crippen LogP contribution in [0.1, 0.15) is 10.7 Å². The van der Waals surface area contributed by atoms with E-state index < -0.39 is 12.1 Å². The number of ether oxygens (including phenoxy) is 1. The smallest absolute Gasteiger partial charge is 0.434 e. The zero-order valence-corrected chi connectivity index (χ0v) is 7.62. The third kappa shape index (κ3) is 2.13. The molecule has 0 aliphatic rings. The lowest BCUT2D eigenvalue weighted by atomic mass is 10.3. The van der Waals surface area contributed by atoms with Crippen molar-refractivity contribution in [2.75, 3.05) is 0 Å². The molecule has 0 radical (unpaired) electrons. The van der Waals surface area contributed by atoms with E-state index in [9.17, 15) is 18.0 Å². The Balaban J connectivity index is 2.39. The van der Waals surface area contributed by atoms with Crippen LogP contribution in [-0.2, 0) is 0 Å². The molecule has 16 heavy (non-hydrogen) atoms. The van der Waals surface area contributed by atoms with Gasteiger partial charge in [-0.05, 0) is 12.1 Å². The number of halogens is 3. The summed E-state index contributed by atoms with van der Waals surface area (Å²) >= 11 is 0. The molecule has 0 N–H and O–H groups in total. The Hall–Kier alpha value is -2.05. The van der Waals surface area contributed by atoms with E-state index in [1.807, 2.05) is 0 Å². The summed E-state index contributed by atoms with van der Waals surface area (Å²) in [4.78, 5) is 14.0. The Morgan fingerprint density at radius 3 is 2.75 bits per heavy atom. The Labute approximate surface area is 86.6 Å². The van der Waals surface area contributed by atoms with Crippen molar-refractivity contribution < 1.29 is 27.1 Å². The number of benzene rings is 1. The molecule has 2 aromatic rings. The van der Waals surface area contributed by atoms with Crippen molar-refractivity contribution in [1.82, 2.24) is 4.98 Å². The van der Waals surface area contributed by atoms with E-state index in [2.05, 4.69) is 9.72 Å². The standard InChI is InChI=1S/C9H4F3NO3/c10-9(11,12)16-5-1-2-6-7(3-5)15-8(4-14)13-6/h1-4H. The van der Waals surface area contributed by atoms with Crippen LogP contribution in [0.2, 0.25) is 0 Å². The van der Waals surface area contributed by atoms with Gasteiger partial charge in [0.1, 0.15) is 11.3 Å². The van der Waals surface area contributed by atoms with Crippen LogP contribution in [0.5, 0.6) is 5.75 Å². The van der Waals surface area contributed by atoms with Gasteiger partial charge in [-0.15, -0.1) is 13.2 Å². The molecule has 1 aromatic carbocycles. The van der Waals surface area contributed by atoms with Gasteiger partial charge >= 0.3 is 6.36 Å². The van der Waals surface area contributed by atoms with Gasteiger partial charge in [0.25, 0.3) is 5.89 Å². The minimum atomic E-state index is -4.76. The molecule has 0 fully saturated rings. The van der Waals surface area contributed by atoms with Gasteiger partial charge in [0.05, 0.1) is 0 Å². The Morgan fingerprint density at radius 2 is 2.12 bits per heavy atom. The fourth-order valence-electron chi connectivity index (χ4n) is 1.17. The predicted molar refractivity (Wildman–Crippen MR) is 46.1 cm³/mol. The molecule has 0 unspecified atom stereocenters. The first-order valence-corrected chi connectivity index (χ1v) is 4.09. The first-order chi connectivity index (χ1) is 7.48. The van der Waals surface area contributed by atoms with Crippen LogP contribution < -0.4 is 4.74 Å². The van der Waals surface area contributed by atoms with Crippen LogP contribution in [0, 0.1) is 0 Å². The summed E-state index contributed by atoms with van der Waals surface area (Å²) in [7, 11) is 0. The Kier molecular flexibility index (Phi) is 2.30. The monoisotopic (exact) mass is 231 g/mol. The molecule has 7 heteroatoms. The summed E-state index contributed by atoms with van der Waals surface area (Å²) < 4.78 is 44.2. The van der Waals surface area contributed by atoms with Crippen LogP contribution in [0.15, 0.2) is 22.6 Å². The summed E-state index contributed by atoms with van der Waals surface area (Å²) in [5.41, 5.74) is 0.348. The SMILES string of the molecule is O=Cc1nc2ccc(OC(F)(F)F)cc2o1. The van der Waals surface area contributed by atoms with Crippen molar-refractivity contribution in [3.8, 4) is 5.75 Å². The lowest BCUT2D eigenvalue weighted by molar-refractivity contribution is -0.274. The number of hydrogen-bond donors (Lipinski definition) is 0. The lowest BCUT2D eigenvalue weighted by Gasteiger charge is -2.07. The maximum atomic E-state index is 11.9. The van der Waals surface area contributed by atoms with Crippen LogP contribution in [0.25, 0.3) is 11.1 Å². The van der Waals surface area contributed by atoms with Crippen molar-refractivity contribution in [3.05, 3.63) is 24.1 Å². The number of fused-ring (bicyclic) bond motifs is 1. The molecular formula is C9H4F3NO3. The summed E-state index contributed by atoms with van der Waals surface area (Å²) in [5.74, 6) is -0.618. The first-order valence-electron chi connectivity index (χ1n) is 4.09. The molecule has 84 valence electrons. The van der Waals surface area contributed by atoms with Gasteiger partial charge in [0.15, 0.2) is 5.58 Å². The van der Waals surface area contributed by atoms with Crippen molar-refractivity contribution in [3.63, 3.8) is 0 Å². The quantitative estimate of drug-likeness (QED) is 0.745. The summed E-state index contributed by atoms with van der Waals surface area (Å²) in [6, 6.07) is 3.38. The molecule has 0 amide bonds. The number of oxazole rings is 1. The zero-order chi connectivity index (χ0) is 11.8. The fourth-order valence-corrected chi connectivity index (χ4v) is 1.17. The average molecular weight is 231 g/mol. The van der Waals surface area contributed by atoms with Crippen molar-refractivity contribution in [2.24, 2.45) is 0 Å². The van der Waals surface area contributed by atoms with Gasteiger partial charge in [0.2, 0.25) is 6.29 Å². The van der Waals surface area contributed by atoms with Crippen LogP contribution in [-0.4, -0.2) is 17.6 Å². The molecule has 1 heterocycles. The fraction of sp³-hybridized carbons (Fsp3) is 0.111. The Bertz CT molecular complexity index is 532. The highest BCUT2D eigenvalue weighted by Crippen LogP contribution is 2.26. The number of carbonyl (C=O) groups is 1. The molecule has 0 aliphatic carbocycles. The number of nitrogens with zero attached hydrogens (tertiary/aromatic N) is 1. The van der Waals surface area contributed by atoms with Crippen molar-refractivity contribution >= 4 is 17.4 Å². The largest absolute Gasteiger partial charge is 0.573 e. The normalized spacial score (nSPS) is 11.7. The Morgan fingerprint density at radius 1 is 1.38 bits per heavy atom. The minimum absolute atomic E-state index is 0.0591. The minimum Gasteiger partial charge on any atom is -0.434 e. The summed E-state index contributed by atoms with van der Waals surface area (Å²) in [6.45, 7) is 0. The summed E-state index contributed by atoms with van der Waals surface area (Å²) in [6.07, 6.45) is -4.40. The second-order valence-corrected chi connectivity index (χ2v) is 2.85. The molecular weight excluding hydrogens is 227 g/mol. The molecule has 0 spiro atoms. The number of aromatic nitrogens is 1. The van der Waals surface area contributed by atoms with Gasteiger partial charge in [0, 0.05) is 6.07 Å². The number of rotatable bonds is 2. The predicted octanol–water partition coefficient (Wildman–Crippen LogP) is 2.54. The number of alkyl halides is 3. The topological polar surface area (TPSA) is 52.3 Å². The highest BCUT2D eigenvalue weighted by atomic mass is 19.4. The van der Waals surface area contributed by atoms with E-state index in [0.29, 0.717) is 6.29 Å². The van der Waals surface area contributed by atoms with E-state index in [0.717, 1.165) is 12.1 Å². The van der Waals surface area contributed by atoms with Gasteiger partial charge in [-0.1, -0.05) is 0 Å². The molecule has 0 aliphatic heterocycles. The van der Waals surface area contributed by atoms with Crippen molar-refractivity contribution in [2.45, 2.75) is 6.36 Å². The molecule has 0 saturated heterocycles. The van der Waals surface area contributed by atoms with Crippen molar-refractivity contribution in [1.29, 1.82) is 0 Å². The van der Waals surface area contributed by atoms with Crippen LogP contribution >= 0.6 is 0 Å². The lowest BCUT2D eigenvalue weighted by Crippen LogP contribution is -2.16. The maximum absolute atomic E-state index is 11.9. The van der Waals surface area contributed by atoms with Gasteiger partial charge in [-0.2, -0.15) is 0 Å². The number of hydrogen-bond acceptors (Lipinski definition) is 4. The maximum Gasteiger partial charge on any atom is 0.573 e. The molecule has 0 atom stereocenters. The van der Waals surface area contributed by atoms with E-state index in [1.165, 1.54) is 6.07 Å². The number of aldehydes is 1. The molecule has 1 aromatic heterocycles. The molecule has 0 bridgehead atoms. The summed E-state index contributed by atoms with van der Waals surface area (Å²) in [5, 5.41) is 0. The molecule has 4 nitrogen and oxygen atoms in total. The first kappa shape index (κ1) is 10.5.